The number of nitrogens with zero attached hydrogens (tertiary/aromatic N) is 2. The van der Waals surface area contributed by atoms with Crippen molar-refractivity contribution in [3.05, 3.63) is 40.0 Å². The van der Waals surface area contributed by atoms with Gasteiger partial charge in [0, 0.05) is 11.6 Å². The first-order valence-corrected chi connectivity index (χ1v) is 6.09. The van der Waals surface area contributed by atoms with Crippen LogP contribution in [0.3, 0.4) is 0 Å². The molecule has 0 radical (unpaired) electrons. The number of hydrogen-bond donors (Lipinski definition) is 1. The standard InChI is InChI=1S/C12H10BrF2N3/c1-2-9-10(13)11(16)18-12(17-9)6-3-7(14)5-8(15)4-6/h3-5H,2H2,1H3,(H2,16,17,18). The van der Waals surface area contributed by atoms with E-state index in [0.29, 0.717) is 16.6 Å². The molecule has 94 valence electrons. The van der Waals surface area contributed by atoms with E-state index in [1.165, 1.54) is 12.1 Å². The van der Waals surface area contributed by atoms with Crippen molar-refractivity contribution in [2.45, 2.75) is 13.3 Å². The van der Waals surface area contributed by atoms with Crippen molar-refractivity contribution < 1.29 is 8.78 Å². The van der Waals surface area contributed by atoms with Gasteiger partial charge in [-0.3, -0.25) is 0 Å². The van der Waals surface area contributed by atoms with E-state index in [1.54, 1.807) is 0 Å². The van der Waals surface area contributed by atoms with Crippen LogP contribution in [-0.4, -0.2) is 9.97 Å². The summed E-state index contributed by atoms with van der Waals surface area (Å²) >= 11 is 3.28. The topological polar surface area (TPSA) is 51.8 Å². The number of hydrogen-bond acceptors (Lipinski definition) is 3. The van der Waals surface area contributed by atoms with Crippen molar-refractivity contribution in [3.8, 4) is 11.4 Å². The molecule has 3 nitrogen and oxygen atoms in total. The molecule has 0 amide bonds. The van der Waals surface area contributed by atoms with Gasteiger partial charge in [0.15, 0.2) is 5.82 Å². The van der Waals surface area contributed by atoms with Gasteiger partial charge in [0.25, 0.3) is 0 Å². The molecule has 1 aromatic carbocycles. The van der Waals surface area contributed by atoms with Crippen LogP contribution in [0.4, 0.5) is 14.6 Å². The highest BCUT2D eigenvalue weighted by Crippen LogP contribution is 2.26. The van der Waals surface area contributed by atoms with Gasteiger partial charge in [-0.1, -0.05) is 6.92 Å². The molecular formula is C12H10BrF2N3. The maximum Gasteiger partial charge on any atom is 0.162 e. The molecule has 0 saturated carbocycles. The molecule has 0 aliphatic rings. The van der Waals surface area contributed by atoms with Gasteiger partial charge < -0.3 is 5.73 Å². The third-order valence-electron chi connectivity index (χ3n) is 2.40. The Labute approximate surface area is 111 Å². The first-order valence-electron chi connectivity index (χ1n) is 5.29. The second kappa shape index (κ2) is 4.97. The minimum absolute atomic E-state index is 0.214. The highest BCUT2D eigenvalue weighted by atomic mass is 79.9. The molecule has 0 saturated heterocycles. The van der Waals surface area contributed by atoms with Crippen molar-refractivity contribution in [1.29, 1.82) is 0 Å². The van der Waals surface area contributed by atoms with Crippen LogP contribution in [0.2, 0.25) is 0 Å². The van der Waals surface area contributed by atoms with Crippen LogP contribution in [0.15, 0.2) is 22.7 Å². The summed E-state index contributed by atoms with van der Waals surface area (Å²) in [4.78, 5) is 8.25. The number of benzene rings is 1. The number of nitrogen functional groups attached to an aromatic ring is 1. The highest BCUT2D eigenvalue weighted by molar-refractivity contribution is 9.10. The molecule has 2 aromatic rings. The number of halogens is 3. The van der Waals surface area contributed by atoms with Crippen LogP contribution in [0, 0.1) is 11.6 Å². The Balaban J connectivity index is 2.60. The molecule has 0 atom stereocenters. The zero-order chi connectivity index (χ0) is 13.3. The summed E-state index contributed by atoms with van der Waals surface area (Å²) in [5, 5.41) is 0. The lowest BCUT2D eigenvalue weighted by Gasteiger charge is -2.07. The van der Waals surface area contributed by atoms with E-state index in [9.17, 15) is 8.78 Å². The molecule has 2 rings (SSSR count). The fraction of sp³-hybridized carbons (Fsp3) is 0.167. The smallest absolute Gasteiger partial charge is 0.162 e. The lowest BCUT2D eigenvalue weighted by Crippen LogP contribution is -2.02. The molecular weight excluding hydrogens is 304 g/mol. The van der Waals surface area contributed by atoms with Gasteiger partial charge in [0.05, 0.1) is 10.2 Å². The summed E-state index contributed by atoms with van der Waals surface area (Å²) in [6, 6.07) is 3.14. The molecule has 0 aliphatic heterocycles. The molecule has 1 aromatic heterocycles. The molecule has 6 heteroatoms. The summed E-state index contributed by atoms with van der Waals surface area (Å²) in [5.41, 5.74) is 6.69. The number of anilines is 1. The first kappa shape index (κ1) is 12.9. The summed E-state index contributed by atoms with van der Waals surface area (Å²) in [5.74, 6) is -0.881. The molecule has 0 fully saturated rings. The average Bonchev–Trinajstić information content (AvgIpc) is 2.31. The molecule has 1 heterocycles. The zero-order valence-electron chi connectivity index (χ0n) is 9.54. The SMILES string of the molecule is CCc1nc(-c2cc(F)cc(F)c2)nc(N)c1Br. The van der Waals surface area contributed by atoms with Crippen LogP contribution in [-0.2, 0) is 6.42 Å². The quantitative estimate of drug-likeness (QED) is 0.925. The van der Waals surface area contributed by atoms with Crippen molar-refractivity contribution in [2.24, 2.45) is 0 Å². The number of aromatic nitrogens is 2. The Bertz CT molecular complexity index is 582. The van der Waals surface area contributed by atoms with Crippen molar-refractivity contribution in [1.82, 2.24) is 9.97 Å². The van der Waals surface area contributed by atoms with Gasteiger partial charge in [-0.25, -0.2) is 18.7 Å². The van der Waals surface area contributed by atoms with E-state index in [-0.39, 0.29) is 17.2 Å². The number of rotatable bonds is 2. The average molecular weight is 314 g/mol. The van der Waals surface area contributed by atoms with Gasteiger partial charge in [-0.2, -0.15) is 0 Å². The molecule has 0 aliphatic carbocycles. The minimum atomic E-state index is -0.673. The van der Waals surface area contributed by atoms with Crippen LogP contribution in [0.5, 0.6) is 0 Å². The monoisotopic (exact) mass is 313 g/mol. The van der Waals surface area contributed by atoms with Crippen molar-refractivity contribution in [3.63, 3.8) is 0 Å². The fourth-order valence-corrected chi connectivity index (χ4v) is 2.02. The molecule has 18 heavy (non-hydrogen) atoms. The first-order chi connectivity index (χ1) is 8.51. The third kappa shape index (κ3) is 2.48. The van der Waals surface area contributed by atoms with Crippen LogP contribution in [0.25, 0.3) is 11.4 Å². The zero-order valence-corrected chi connectivity index (χ0v) is 11.1. The Kier molecular flexibility index (Phi) is 3.56. The van der Waals surface area contributed by atoms with Gasteiger partial charge in [0.1, 0.15) is 17.5 Å². The Morgan fingerprint density at radius 3 is 2.33 bits per heavy atom. The van der Waals surface area contributed by atoms with E-state index in [4.69, 9.17) is 5.73 Å². The third-order valence-corrected chi connectivity index (χ3v) is 3.27. The van der Waals surface area contributed by atoms with Crippen LogP contribution < -0.4 is 5.73 Å². The van der Waals surface area contributed by atoms with Gasteiger partial charge in [-0.15, -0.1) is 0 Å². The second-order valence-corrected chi connectivity index (χ2v) is 4.50. The van der Waals surface area contributed by atoms with Gasteiger partial charge >= 0.3 is 0 Å². The normalized spacial score (nSPS) is 10.7. The predicted molar refractivity (Wildman–Crippen MR) is 68.9 cm³/mol. The fourth-order valence-electron chi connectivity index (χ4n) is 1.56. The maximum atomic E-state index is 13.1. The van der Waals surface area contributed by atoms with Crippen molar-refractivity contribution in [2.75, 3.05) is 5.73 Å². The Hall–Kier alpha value is -1.56. The van der Waals surface area contributed by atoms with E-state index < -0.39 is 11.6 Å². The lowest BCUT2D eigenvalue weighted by atomic mass is 10.2. The molecule has 2 N–H and O–H groups in total. The van der Waals surface area contributed by atoms with Crippen LogP contribution in [0.1, 0.15) is 12.6 Å². The summed E-state index contributed by atoms with van der Waals surface area (Å²) < 4.78 is 26.9. The highest BCUT2D eigenvalue weighted by Gasteiger charge is 2.11. The summed E-state index contributed by atoms with van der Waals surface area (Å²) in [6.45, 7) is 1.91. The Morgan fingerprint density at radius 1 is 1.17 bits per heavy atom. The van der Waals surface area contributed by atoms with E-state index in [0.717, 1.165) is 6.07 Å². The van der Waals surface area contributed by atoms with E-state index >= 15 is 0 Å². The van der Waals surface area contributed by atoms with Gasteiger partial charge in [0.2, 0.25) is 0 Å². The molecule has 0 spiro atoms. The molecule has 0 unspecified atom stereocenters. The minimum Gasteiger partial charge on any atom is -0.383 e. The Morgan fingerprint density at radius 2 is 1.78 bits per heavy atom. The maximum absolute atomic E-state index is 13.1. The summed E-state index contributed by atoms with van der Waals surface area (Å²) in [7, 11) is 0. The number of aryl methyl sites for hydroxylation is 1. The van der Waals surface area contributed by atoms with E-state index in [2.05, 4.69) is 25.9 Å². The van der Waals surface area contributed by atoms with Crippen LogP contribution >= 0.6 is 15.9 Å². The number of nitrogens with two attached hydrogens (primary N) is 1. The second-order valence-electron chi connectivity index (χ2n) is 3.70. The predicted octanol–water partition coefficient (Wildman–Crippen LogP) is 3.33. The summed E-state index contributed by atoms with van der Waals surface area (Å²) in [6.07, 6.45) is 0.637. The van der Waals surface area contributed by atoms with Crippen molar-refractivity contribution >= 4 is 21.7 Å². The lowest BCUT2D eigenvalue weighted by molar-refractivity contribution is 0.584. The van der Waals surface area contributed by atoms with E-state index in [1.807, 2.05) is 6.92 Å². The van der Waals surface area contributed by atoms with Gasteiger partial charge in [-0.05, 0) is 34.5 Å². The molecule has 0 bridgehead atoms. The largest absolute Gasteiger partial charge is 0.383 e.